The lowest BCUT2D eigenvalue weighted by atomic mass is 10.1. The molecule has 1 unspecified atom stereocenters. The Hall–Kier alpha value is -3.48. The zero-order valence-electron chi connectivity index (χ0n) is 24.0. The number of ether oxygens (including phenoxy) is 1. The molecule has 220 valence electrons. The number of benzene rings is 3. The number of nitrogens with zero attached hydrogens (tertiary/aromatic N) is 3. The summed E-state index contributed by atoms with van der Waals surface area (Å²) in [5, 5.41) is 3.50. The molecular weight excluding hydrogens is 613 g/mol. The van der Waals surface area contributed by atoms with Crippen LogP contribution in [0, 0.1) is 0 Å². The van der Waals surface area contributed by atoms with Crippen molar-refractivity contribution in [3.05, 3.63) is 104 Å². The van der Waals surface area contributed by atoms with E-state index in [2.05, 4.69) is 43.0 Å². The summed E-state index contributed by atoms with van der Waals surface area (Å²) >= 11 is 0. The van der Waals surface area contributed by atoms with Gasteiger partial charge in [-0.2, -0.15) is 0 Å². The fourth-order valence-electron chi connectivity index (χ4n) is 6.37. The van der Waals surface area contributed by atoms with Gasteiger partial charge < -0.3 is 31.5 Å². The number of hydrogen-bond donors (Lipinski definition) is 0. The third kappa shape index (κ3) is 5.75. The van der Waals surface area contributed by atoms with Crippen molar-refractivity contribution < 1.29 is 36.1 Å². The largest absolute Gasteiger partial charge is 1.00 e. The van der Waals surface area contributed by atoms with E-state index in [9.17, 15) is 14.4 Å². The molecule has 0 radical (unpaired) electrons. The summed E-state index contributed by atoms with van der Waals surface area (Å²) in [4.78, 5) is 45.6. The molecule has 2 aliphatic heterocycles. The minimum Gasteiger partial charge on any atom is -1.00 e. The molecule has 2 saturated heterocycles. The molecule has 2 aliphatic rings. The molecule has 3 atom stereocenters. The van der Waals surface area contributed by atoms with Crippen LogP contribution in [0.3, 0.4) is 0 Å². The Bertz CT molecular complexity index is 1290. The van der Waals surface area contributed by atoms with Crippen molar-refractivity contribution in [3.63, 3.8) is 0 Å². The highest BCUT2D eigenvalue weighted by molar-refractivity contribution is 7.96. The molecule has 0 spiro atoms. The number of likely N-dealkylation sites (N-methyl/N-ethyl adjacent to an activating group) is 1. The molecule has 0 aliphatic carbocycles. The minimum absolute atomic E-state index is 0. The van der Waals surface area contributed by atoms with Crippen LogP contribution in [0.1, 0.15) is 12.8 Å². The zero-order chi connectivity index (χ0) is 29.0. The van der Waals surface area contributed by atoms with Crippen LogP contribution < -0.4 is 32.9 Å². The normalized spacial score (nSPS) is 20.1. The molecule has 3 aromatic carbocycles. The summed E-state index contributed by atoms with van der Waals surface area (Å²) in [5.74, 6) is -0.0943. The molecule has 9 heteroatoms. The van der Waals surface area contributed by atoms with Gasteiger partial charge >= 0.3 is 6.09 Å². The number of likely N-dealkylation sites (tertiary alicyclic amines) is 2. The molecule has 0 saturated carbocycles. The van der Waals surface area contributed by atoms with E-state index in [1.165, 1.54) is 31.8 Å². The lowest BCUT2D eigenvalue weighted by molar-refractivity contribution is -0.133. The minimum atomic E-state index is -2.42. The topological polar surface area (TPSA) is 70.2 Å². The van der Waals surface area contributed by atoms with Gasteiger partial charge in [0.05, 0.1) is 6.04 Å². The smallest absolute Gasteiger partial charge is 0.410 e. The SMILES string of the molecule is C=CCOC(=O)N1CC(N2CC[C@H]([P+](c3ccccc3)(c3ccccc3)c3ccccc3)C2=O)C[C@H]1C(=O)N(C)C.[Br-]. The van der Waals surface area contributed by atoms with Crippen molar-refractivity contribution in [1.29, 1.82) is 0 Å². The second kappa shape index (κ2) is 13.7. The van der Waals surface area contributed by atoms with E-state index in [4.69, 9.17) is 4.74 Å². The van der Waals surface area contributed by atoms with Crippen molar-refractivity contribution >= 4 is 41.1 Å². The van der Waals surface area contributed by atoms with Crippen LogP contribution in [0.15, 0.2) is 104 Å². The molecule has 42 heavy (non-hydrogen) atoms. The molecule has 2 fully saturated rings. The summed E-state index contributed by atoms with van der Waals surface area (Å²) in [5.41, 5.74) is -0.264. The van der Waals surface area contributed by atoms with Crippen molar-refractivity contribution in [2.24, 2.45) is 0 Å². The Morgan fingerprint density at radius 1 is 0.929 bits per heavy atom. The average molecular weight is 651 g/mol. The van der Waals surface area contributed by atoms with Gasteiger partial charge in [0.2, 0.25) is 5.91 Å². The quantitative estimate of drug-likeness (QED) is 0.262. The van der Waals surface area contributed by atoms with Gasteiger partial charge in [-0.3, -0.25) is 14.5 Å². The first kappa shape index (κ1) is 31.5. The first-order valence-corrected chi connectivity index (χ1v) is 15.9. The number of halogens is 1. The van der Waals surface area contributed by atoms with Crippen molar-refractivity contribution in [3.8, 4) is 0 Å². The van der Waals surface area contributed by atoms with Crippen LogP contribution in [0.4, 0.5) is 4.79 Å². The van der Waals surface area contributed by atoms with Crippen LogP contribution in [-0.2, 0) is 14.3 Å². The third-order valence-electron chi connectivity index (χ3n) is 8.17. The van der Waals surface area contributed by atoms with E-state index in [0.717, 1.165) is 0 Å². The Labute approximate surface area is 259 Å². The summed E-state index contributed by atoms with van der Waals surface area (Å²) < 4.78 is 5.32. The molecule has 5 rings (SSSR count). The van der Waals surface area contributed by atoms with Crippen LogP contribution in [0.5, 0.6) is 0 Å². The Morgan fingerprint density at radius 3 is 1.88 bits per heavy atom. The van der Waals surface area contributed by atoms with Gasteiger partial charge in [0.15, 0.2) is 5.66 Å². The van der Waals surface area contributed by atoms with E-state index in [0.29, 0.717) is 19.4 Å². The summed E-state index contributed by atoms with van der Waals surface area (Å²) in [6, 6.07) is 30.3. The Morgan fingerprint density at radius 2 is 1.43 bits per heavy atom. The molecule has 2 heterocycles. The highest BCUT2D eigenvalue weighted by Gasteiger charge is 2.60. The van der Waals surface area contributed by atoms with Crippen LogP contribution in [-0.4, -0.2) is 84.1 Å². The molecule has 7 nitrogen and oxygen atoms in total. The van der Waals surface area contributed by atoms with E-state index in [1.807, 2.05) is 59.5 Å². The lowest BCUT2D eigenvalue weighted by Crippen LogP contribution is -3.00. The number of amides is 3. The second-order valence-electron chi connectivity index (χ2n) is 10.7. The van der Waals surface area contributed by atoms with Gasteiger partial charge in [-0.05, 0) is 42.8 Å². The maximum atomic E-state index is 14.6. The van der Waals surface area contributed by atoms with Crippen LogP contribution in [0.2, 0.25) is 0 Å². The Balaban J connectivity index is 0.00000405. The summed E-state index contributed by atoms with van der Waals surface area (Å²) in [6.45, 7) is 4.50. The van der Waals surface area contributed by atoms with E-state index < -0.39 is 19.4 Å². The highest BCUT2D eigenvalue weighted by atomic mass is 79.9. The fraction of sp³-hybridized carbons (Fsp3) is 0.303. The summed E-state index contributed by atoms with van der Waals surface area (Å²) in [6.07, 6.45) is 2.01. The third-order valence-corrected chi connectivity index (χ3v) is 12.9. The van der Waals surface area contributed by atoms with Gasteiger partial charge in [0.1, 0.15) is 35.8 Å². The van der Waals surface area contributed by atoms with E-state index in [-0.39, 0.29) is 53.6 Å². The standard InChI is InChI=1S/C33H37N3O4P.BrH/c1-4-22-40-33(39)36-24-25(23-29(36)31(37)34(2)3)35-21-20-30(32(35)38)41(26-14-8-5-9-15-26,27-16-10-6-11-17-27)28-18-12-7-13-19-28;/h4-19,25,29-30H,1,20-24H2,2-3H3;1H/q+1;/p-1/t25?,29-,30-;/m0./s1. The monoisotopic (exact) mass is 649 g/mol. The van der Waals surface area contributed by atoms with Gasteiger partial charge in [0, 0.05) is 33.6 Å². The Kier molecular flexibility index (Phi) is 10.2. The molecule has 3 aromatic rings. The zero-order valence-corrected chi connectivity index (χ0v) is 26.5. The number of carbonyl (C=O) groups excluding carboxylic acids is 3. The first-order chi connectivity index (χ1) is 19.9. The van der Waals surface area contributed by atoms with Gasteiger partial charge in [-0.15, -0.1) is 0 Å². The highest BCUT2D eigenvalue weighted by Crippen LogP contribution is 2.62. The number of carbonyl (C=O) groups is 3. The average Bonchev–Trinajstić information content (AvgIpc) is 3.62. The van der Waals surface area contributed by atoms with E-state index >= 15 is 0 Å². The fourth-order valence-corrected chi connectivity index (χ4v) is 11.3. The molecule has 0 N–H and O–H groups in total. The maximum Gasteiger partial charge on any atom is 0.410 e. The van der Waals surface area contributed by atoms with Gasteiger partial charge in [-0.25, -0.2) is 4.79 Å². The van der Waals surface area contributed by atoms with Gasteiger partial charge in [-0.1, -0.05) is 67.3 Å². The molecule has 0 bridgehead atoms. The predicted octanol–water partition coefficient (Wildman–Crippen LogP) is 0.439. The van der Waals surface area contributed by atoms with Crippen molar-refractivity contribution in [2.75, 3.05) is 33.8 Å². The van der Waals surface area contributed by atoms with Gasteiger partial charge in [0.25, 0.3) is 5.91 Å². The number of hydrogen-bond acceptors (Lipinski definition) is 4. The molecule has 0 aromatic heterocycles. The predicted molar refractivity (Wildman–Crippen MR) is 164 cm³/mol. The van der Waals surface area contributed by atoms with Crippen LogP contribution in [0.25, 0.3) is 0 Å². The van der Waals surface area contributed by atoms with Crippen molar-refractivity contribution in [2.45, 2.75) is 30.6 Å². The first-order valence-electron chi connectivity index (χ1n) is 14.0. The number of rotatable bonds is 8. The van der Waals surface area contributed by atoms with E-state index in [1.54, 1.807) is 14.1 Å². The molecular formula is C33H37BrN3O4P. The lowest BCUT2D eigenvalue weighted by Gasteiger charge is -2.32. The second-order valence-corrected chi connectivity index (χ2v) is 14.3. The van der Waals surface area contributed by atoms with Crippen molar-refractivity contribution in [1.82, 2.24) is 14.7 Å². The molecule has 3 amide bonds. The summed E-state index contributed by atoms with van der Waals surface area (Å²) in [7, 11) is 0.941. The van der Waals surface area contributed by atoms with Crippen LogP contribution >= 0.6 is 7.26 Å². The maximum absolute atomic E-state index is 14.6.